The van der Waals surface area contributed by atoms with E-state index in [1.54, 1.807) is 0 Å². The lowest BCUT2D eigenvalue weighted by Gasteiger charge is -2.28. The van der Waals surface area contributed by atoms with Gasteiger partial charge in [0.2, 0.25) is 5.91 Å². The molecule has 1 amide bonds. The number of rotatable bonds is 7. The summed E-state index contributed by atoms with van der Waals surface area (Å²) in [6.07, 6.45) is 4.17. The van der Waals surface area contributed by atoms with Crippen molar-refractivity contribution in [3.8, 4) is 0 Å². The topological polar surface area (TPSA) is 44.4 Å². The molecule has 2 aliphatic heterocycles. The quantitative estimate of drug-likeness (QED) is 0.768. The van der Waals surface area contributed by atoms with Gasteiger partial charge in [0.1, 0.15) is 0 Å². The molecule has 2 atom stereocenters. The molecule has 2 heterocycles. The molecular formula is C21H33N3OS. The summed E-state index contributed by atoms with van der Waals surface area (Å²) in [5, 5.41) is 6.52. The van der Waals surface area contributed by atoms with Crippen molar-refractivity contribution in [2.75, 3.05) is 49.5 Å². The van der Waals surface area contributed by atoms with Crippen molar-refractivity contribution in [3.63, 3.8) is 0 Å². The minimum Gasteiger partial charge on any atom is -0.326 e. The number of thioether (sulfide) groups is 1. The summed E-state index contributed by atoms with van der Waals surface area (Å²) in [6, 6.07) is 8.41. The highest BCUT2D eigenvalue weighted by molar-refractivity contribution is 7.99. The van der Waals surface area contributed by atoms with E-state index < -0.39 is 0 Å². The summed E-state index contributed by atoms with van der Waals surface area (Å²) in [4.78, 5) is 14.9. The Morgan fingerprint density at radius 3 is 2.77 bits per heavy atom. The number of nitrogens with zero attached hydrogens (tertiary/aromatic N) is 1. The number of amides is 1. The number of carbonyl (C=O) groups excluding carboxylic acids is 1. The molecule has 26 heavy (non-hydrogen) atoms. The van der Waals surface area contributed by atoms with Crippen LogP contribution in [0, 0.1) is 11.8 Å². The zero-order valence-corrected chi connectivity index (χ0v) is 16.8. The Morgan fingerprint density at radius 1 is 1.31 bits per heavy atom. The van der Waals surface area contributed by atoms with Crippen molar-refractivity contribution < 1.29 is 4.79 Å². The van der Waals surface area contributed by atoms with E-state index in [2.05, 4.69) is 46.4 Å². The number of nitrogens with one attached hydrogen (secondary N) is 2. The third-order valence-corrected chi connectivity index (χ3v) is 6.65. The number of benzene rings is 1. The van der Waals surface area contributed by atoms with Crippen molar-refractivity contribution in [3.05, 3.63) is 29.8 Å². The van der Waals surface area contributed by atoms with E-state index in [0.29, 0.717) is 18.3 Å². The van der Waals surface area contributed by atoms with E-state index in [-0.39, 0.29) is 5.91 Å². The van der Waals surface area contributed by atoms with Crippen LogP contribution in [-0.4, -0.2) is 55.0 Å². The van der Waals surface area contributed by atoms with E-state index in [0.717, 1.165) is 31.7 Å². The maximum Gasteiger partial charge on any atom is 0.224 e. The number of anilines is 1. The van der Waals surface area contributed by atoms with Crippen LogP contribution >= 0.6 is 11.8 Å². The Hall–Kier alpha value is -1.04. The van der Waals surface area contributed by atoms with Crippen LogP contribution in [0.25, 0.3) is 0 Å². The SMILES string of the molecule is CC(CC(=O)Nc1ccc(CCN2CCSCC2)cc1)C1CCCNC1. The van der Waals surface area contributed by atoms with Crippen LogP contribution in [0.3, 0.4) is 0 Å². The van der Waals surface area contributed by atoms with Crippen LogP contribution < -0.4 is 10.6 Å². The normalized spacial score (nSPS) is 22.7. The third-order valence-electron chi connectivity index (χ3n) is 5.71. The molecule has 3 rings (SSSR count). The van der Waals surface area contributed by atoms with Gasteiger partial charge in [-0.2, -0.15) is 11.8 Å². The Kier molecular flexibility index (Phi) is 7.84. The molecule has 0 saturated carbocycles. The average Bonchev–Trinajstić information content (AvgIpc) is 2.69. The van der Waals surface area contributed by atoms with Crippen molar-refractivity contribution in [1.82, 2.24) is 10.2 Å². The molecule has 0 radical (unpaired) electrons. The lowest BCUT2D eigenvalue weighted by molar-refractivity contribution is -0.117. The molecule has 0 bridgehead atoms. The lowest BCUT2D eigenvalue weighted by atomic mass is 9.85. The second-order valence-corrected chi connectivity index (χ2v) is 8.96. The van der Waals surface area contributed by atoms with Crippen LogP contribution in [-0.2, 0) is 11.2 Å². The Morgan fingerprint density at radius 2 is 2.08 bits per heavy atom. The molecular weight excluding hydrogens is 342 g/mol. The zero-order chi connectivity index (χ0) is 18.2. The second-order valence-electron chi connectivity index (χ2n) is 7.74. The summed E-state index contributed by atoms with van der Waals surface area (Å²) in [5.74, 6) is 3.73. The molecule has 1 aromatic rings. The highest BCUT2D eigenvalue weighted by atomic mass is 32.2. The fourth-order valence-electron chi connectivity index (χ4n) is 3.90. The van der Waals surface area contributed by atoms with Crippen molar-refractivity contribution in [1.29, 1.82) is 0 Å². The number of carbonyl (C=O) groups is 1. The van der Waals surface area contributed by atoms with Crippen LogP contribution in [0.2, 0.25) is 0 Å². The molecule has 5 heteroatoms. The van der Waals surface area contributed by atoms with E-state index in [1.165, 1.54) is 43.0 Å². The standard InChI is InChI=1S/C21H33N3OS/c1-17(19-3-2-9-22-16-19)15-21(25)23-20-6-4-18(5-7-20)8-10-24-11-13-26-14-12-24/h4-7,17,19,22H,2-3,8-16H2,1H3,(H,23,25). The minimum atomic E-state index is 0.140. The molecule has 4 nitrogen and oxygen atoms in total. The van der Waals surface area contributed by atoms with Crippen LogP contribution in [0.1, 0.15) is 31.7 Å². The largest absolute Gasteiger partial charge is 0.326 e. The molecule has 2 fully saturated rings. The summed E-state index contributed by atoms with van der Waals surface area (Å²) >= 11 is 2.06. The van der Waals surface area contributed by atoms with Gasteiger partial charge in [-0.05, 0) is 61.9 Å². The monoisotopic (exact) mass is 375 g/mol. The fourth-order valence-corrected chi connectivity index (χ4v) is 4.88. The summed E-state index contributed by atoms with van der Waals surface area (Å²) in [5.41, 5.74) is 2.27. The molecule has 2 aliphatic rings. The Labute approximate surface area is 162 Å². The highest BCUT2D eigenvalue weighted by Crippen LogP contribution is 2.23. The predicted octanol–water partition coefficient (Wildman–Crippen LogP) is 3.24. The first-order valence-electron chi connectivity index (χ1n) is 10.1. The van der Waals surface area contributed by atoms with E-state index in [4.69, 9.17) is 0 Å². The van der Waals surface area contributed by atoms with Crippen LogP contribution in [0.4, 0.5) is 5.69 Å². The fraction of sp³-hybridized carbons (Fsp3) is 0.667. The summed E-state index contributed by atoms with van der Waals surface area (Å²) in [7, 11) is 0. The highest BCUT2D eigenvalue weighted by Gasteiger charge is 2.22. The summed E-state index contributed by atoms with van der Waals surface area (Å²) < 4.78 is 0. The van der Waals surface area contributed by atoms with Gasteiger partial charge in [0.15, 0.2) is 0 Å². The predicted molar refractivity (Wildman–Crippen MR) is 112 cm³/mol. The van der Waals surface area contributed by atoms with E-state index in [1.807, 2.05) is 12.1 Å². The van der Waals surface area contributed by atoms with Crippen molar-refractivity contribution in [2.45, 2.75) is 32.6 Å². The van der Waals surface area contributed by atoms with Crippen LogP contribution in [0.15, 0.2) is 24.3 Å². The van der Waals surface area contributed by atoms with Crippen molar-refractivity contribution in [2.24, 2.45) is 11.8 Å². The van der Waals surface area contributed by atoms with E-state index in [9.17, 15) is 4.79 Å². The second kappa shape index (κ2) is 10.3. The Bertz CT molecular complexity index is 551. The average molecular weight is 376 g/mol. The van der Waals surface area contributed by atoms with Crippen LogP contribution in [0.5, 0.6) is 0 Å². The van der Waals surface area contributed by atoms with Gasteiger partial charge < -0.3 is 15.5 Å². The molecule has 1 aromatic carbocycles. The maximum atomic E-state index is 12.3. The van der Waals surface area contributed by atoms with Gasteiger partial charge in [0.05, 0.1) is 0 Å². The minimum absolute atomic E-state index is 0.140. The first kappa shape index (κ1) is 19.7. The molecule has 144 valence electrons. The van der Waals surface area contributed by atoms with E-state index >= 15 is 0 Å². The molecule has 2 N–H and O–H groups in total. The smallest absolute Gasteiger partial charge is 0.224 e. The van der Waals surface area contributed by atoms with Gasteiger partial charge >= 0.3 is 0 Å². The zero-order valence-electron chi connectivity index (χ0n) is 16.0. The van der Waals surface area contributed by atoms with Gasteiger partial charge in [-0.25, -0.2) is 0 Å². The van der Waals surface area contributed by atoms with Gasteiger partial charge in [-0.3, -0.25) is 4.79 Å². The molecule has 2 unspecified atom stereocenters. The van der Waals surface area contributed by atoms with Crippen molar-refractivity contribution >= 4 is 23.4 Å². The molecule has 0 aliphatic carbocycles. The van der Waals surface area contributed by atoms with Gasteiger partial charge in [0, 0.05) is 43.2 Å². The van der Waals surface area contributed by atoms with Gasteiger partial charge in [-0.15, -0.1) is 0 Å². The van der Waals surface area contributed by atoms with Gasteiger partial charge in [-0.1, -0.05) is 19.1 Å². The number of piperidine rings is 1. The lowest BCUT2D eigenvalue weighted by Crippen LogP contribution is -2.34. The molecule has 0 spiro atoms. The number of hydrogen-bond acceptors (Lipinski definition) is 4. The molecule has 0 aromatic heterocycles. The molecule has 2 saturated heterocycles. The number of hydrogen-bond donors (Lipinski definition) is 2. The first-order valence-corrected chi connectivity index (χ1v) is 11.3. The Balaban J connectivity index is 1.40. The first-order chi connectivity index (χ1) is 12.7. The third kappa shape index (κ3) is 6.29. The maximum absolute atomic E-state index is 12.3. The van der Waals surface area contributed by atoms with Gasteiger partial charge in [0.25, 0.3) is 0 Å². The summed E-state index contributed by atoms with van der Waals surface area (Å²) in [6.45, 7) is 7.96.